The molecule has 2 aromatic heterocycles. The lowest BCUT2D eigenvalue weighted by Crippen LogP contribution is -2.36. The number of carbonyl (C=O) groups excluding carboxylic acids is 1. The van der Waals surface area contributed by atoms with Gasteiger partial charge < -0.3 is 4.90 Å². The topological polar surface area (TPSA) is 88.1 Å². The van der Waals surface area contributed by atoms with Crippen LogP contribution >= 0.6 is 0 Å². The predicted octanol–water partition coefficient (Wildman–Crippen LogP) is 3.81. The van der Waals surface area contributed by atoms with Crippen LogP contribution in [0.4, 0.5) is 4.39 Å². The number of halogens is 1. The van der Waals surface area contributed by atoms with Crippen LogP contribution in [-0.2, 0) is 13.1 Å². The number of carbonyl (C=O) groups is 1. The van der Waals surface area contributed by atoms with Crippen LogP contribution in [-0.4, -0.2) is 31.4 Å². The molecule has 1 aliphatic carbocycles. The first-order valence-electron chi connectivity index (χ1n) is 11.4. The zero-order valence-electron chi connectivity index (χ0n) is 19.4. The third kappa shape index (κ3) is 4.74. The molecule has 0 atom stereocenters. The summed E-state index contributed by atoms with van der Waals surface area (Å²) in [4.78, 5) is 48.1. The minimum atomic E-state index is -0.612. The first-order chi connectivity index (χ1) is 15.7. The number of rotatable bonds is 7. The van der Waals surface area contributed by atoms with Crippen LogP contribution < -0.4 is 11.2 Å². The molecule has 1 fully saturated rings. The van der Waals surface area contributed by atoms with Crippen LogP contribution in [0.5, 0.6) is 0 Å². The quantitative estimate of drug-likeness (QED) is 0.591. The van der Waals surface area contributed by atoms with Crippen molar-refractivity contribution in [3.63, 3.8) is 0 Å². The third-order valence-electron chi connectivity index (χ3n) is 5.85. The van der Waals surface area contributed by atoms with Gasteiger partial charge in [-0.05, 0) is 48.4 Å². The lowest BCUT2D eigenvalue weighted by atomic mass is 10.0. The first kappa shape index (κ1) is 22.9. The van der Waals surface area contributed by atoms with E-state index >= 15 is 0 Å². The summed E-state index contributed by atoms with van der Waals surface area (Å²) in [5.41, 5.74) is 0.800. The number of nitrogens with zero attached hydrogens (tertiary/aromatic N) is 3. The number of benzene rings is 1. The van der Waals surface area contributed by atoms with Gasteiger partial charge in [0.05, 0.1) is 10.9 Å². The second-order valence-corrected chi connectivity index (χ2v) is 9.50. The van der Waals surface area contributed by atoms with E-state index in [0.29, 0.717) is 18.8 Å². The SMILES string of the molecule is CC(C)Cn1c(=O)[nH]c(=O)c2c(C(=O)N(Cc3ccc(F)cc3)C3CC3)cc(C(C)C)nc21. The van der Waals surface area contributed by atoms with E-state index in [1.54, 1.807) is 23.1 Å². The molecule has 3 aromatic rings. The summed E-state index contributed by atoms with van der Waals surface area (Å²) in [6, 6.07) is 7.81. The minimum Gasteiger partial charge on any atom is -0.331 e. The highest BCUT2D eigenvalue weighted by Crippen LogP contribution is 2.31. The molecule has 0 aliphatic heterocycles. The van der Waals surface area contributed by atoms with E-state index in [9.17, 15) is 18.8 Å². The zero-order chi connectivity index (χ0) is 23.9. The fourth-order valence-corrected chi connectivity index (χ4v) is 3.99. The Morgan fingerprint density at radius 3 is 2.42 bits per heavy atom. The summed E-state index contributed by atoms with van der Waals surface area (Å²) in [6.45, 7) is 8.54. The summed E-state index contributed by atoms with van der Waals surface area (Å²) in [5.74, 6) is -0.480. The molecule has 2 heterocycles. The molecule has 0 saturated heterocycles. The molecule has 7 nitrogen and oxygen atoms in total. The highest BCUT2D eigenvalue weighted by molar-refractivity contribution is 6.05. The van der Waals surface area contributed by atoms with Gasteiger partial charge in [-0.2, -0.15) is 0 Å². The van der Waals surface area contributed by atoms with Gasteiger partial charge in [0.25, 0.3) is 11.5 Å². The number of pyridine rings is 1. The fraction of sp³-hybridized carbons (Fsp3) is 0.440. The normalized spacial score (nSPS) is 13.8. The Labute approximate surface area is 191 Å². The molecule has 0 bridgehead atoms. The largest absolute Gasteiger partial charge is 0.331 e. The molecule has 0 unspecified atom stereocenters. The average molecular weight is 453 g/mol. The molecule has 1 saturated carbocycles. The molecule has 1 N–H and O–H groups in total. The molecular formula is C25H29FN4O3. The minimum absolute atomic E-state index is 0.00527. The van der Waals surface area contributed by atoms with E-state index < -0.39 is 11.2 Å². The van der Waals surface area contributed by atoms with Crippen LogP contribution in [0.2, 0.25) is 0 Å². The highest BCUT2D eigenvalue weighted by Gasteiger charge is 2.35. The Morgan fingerprint density at radius 2 is 1.85 bits per heavy atom. The summed E-state index contributed by atoms with van der Waals surface area (Å²) in [7, 11) is 0. The summed E-state index contributed by atoms with van der Waals surface area (Å²) in [5, 5.41) is 0.134. The average Bonchev–Trinajstić information content (AvgIpc) is 3.60. The van der Waals surface area contributed by atoms with Crippen molar-refractivity contribution in [3.8, 4) is 0 Å². The Bertz CT molecular complexity index is 1300. The monoisotopic (exact) mass is 452 g/mol. The maximum absolute atomic E-state index is 13.8. The van der Waals surface area contributed by atoms with E-state index in [-0.39, 0.29) is 46.2 Å². The van der Waals surface area contributed by atoms with Gasteiger partial charge in [0, 0.05) is 24.8 Å². The maximum atomic E-state index is 13.8. The number of fused-ring (bicyclic) bond motifs is 1. The van der Waals surface area contributed by atoms with Gasteiger partial charge in [-0.25, -0.2) is 14.2 Å². The molecule has 33 heavy (non-hydrogen) atoms. The Balaban J connectivity index is 1.89. The van der Waals surface area contributed by atoms with Gasteiger partial charge in [-0.1, -0.05) is 39.8 Å². The van der Waals surface area contributed by atoms with Gasteiger partial charge in [0.2, 0.25) is 0 Å². The standard InChI is InChI=1S/C25H29FN4O3/c1-14(2)12-30-22-21(23(31)28-25(30)33)19(11-20(27-22)15(3)4)24(32)29(18-9-10-18)13-16-5-7-17(26)8-6-16/h5-8,11,14-15,18H,9-10,12-13H2,1-4H3,(H,28,31,33). The molecule has 8 heteroatoms. The second-order valence-electron chi connectivity index (χ2n) is 9.50. The van der Waals surface area contributed by atoms with Crippen molar-refractivity contribution >= 4 is 16.9 Å². The van der Waals surface area contributed by atoms with E-state index in [0.717, 1.165) is 18.4 Å². The molecule has 0 radical (unpaired) electrons. The number of aromatic nitrogens is 3. The van der Waals surface area contributed by atoms with Gasteiger partial charge in [-0.15, -0.1) is 0 Å². The molecule has 174 valence electrons. The zero-order valence-corrected chi connectivity index (χ0v) is 19.4. The lowest BCUT2D eigenvalue weighted by Gasteiger charge is -2.24. The number of amides is 1. The highest BCUT2D eigenvalue weighted by atomic mass is 19.1. The number of nitrogens with one attached hydrogen (secondary N) is 1. The smallest absolute Gasteiger partial charge is 0.330 e. The van der Waals surface area contributed by atoms with Crippen molar-refractivity contribution in [2.24, 2.45) is 5.92 Å². The molecule has 1 aliphatic rings. The van der Waals surface area contributed by atoms with Crippen molar-refractivity contribution in [1.82, 2.24) is 19.4 Å². The number of aromatic amines is 1. The molecule has 1 amide bonds. The van der Waals surface area contributed by atoms with Crippen molar-refractivity contribution in [3.05, 3.63) is 73.8 Å². The van der Waals surface area contributed by atoms with Crippen molar-refractivity contribution < 1.29 is 9.18 Å². The lowest BCUT2D eigenvalue weighted by molar-refractivity contribution is 0.0731. The summed E-state index contributed by atoms with van der Waals surface area (Å²) >= 11 is 0. The first-order valence-corrected chi connectivity index (χ1v) is 11.4. The third-order valence-corrected chi connectivity index (χ3v) is 5.85. The van der Waals surface area contributed by atoms with Gasteiger partial charge in [0.1, 0.15) is 5.82 Å². The Morgan fingerprint density at radius 1 is 1.18 bits per heavy atom. The van der Waals surface area contributed by atoms with Crippen LogP contribution in [0, 0.1) is 11.7 Å². The van der Waals surface area contributed by atoms with Crippen molar-refractivity contribution in [2.45, 2.75) is 65.6 Å². The van der Waals surface area contributed by atoms with Crippen LogP contribution in [0.3, 0.4) is 0 Å². The van der Waals surface area contributed by atoms with E-state index in [4.69, 9.17) is 0 Å². The van der Waals surface area contributed by atoms with Crippen LogP contribution in [0.15, 0.2) is 39.9 Å². The fourth-order valence-electron chi connectivity index (χ4n) is 3.99. The summed E-state index contributed by atoms with van der Waals surface area (Å²) < 4.78 is 14.8. The number of hydrogen-bond donors (Lipinski definition) is 1. The van der Waals surface area contributed by atoms with Gasteiger partial charge >= 0.3 is 5.69 Å². The van der Waals surface area contributed by atoms with Gasteiger partial charge in [-0.3, -0.25) is 19.1 Å². The summed E-state index contributed by atoms with van der Waals surface area (Å²) in [6.07, 6.45) is 1.75. The molecular weight excluding hydrogens is 423 g/mol. The Kier molecular flexibility index (Phi) is 6.19. The van der Waals surface area contributed by atoms with Crippen molar-refractivity contribution in [2.75, 3.05) is 0 Å². The predicted molar refractivity (Wildman–Crippen MR) is 125 cm³/mol. The van der Waals surface area contributed by atoms with Crippen LogP contribution in [0.25, 0.3) is 11.0 Å². The number of hydrogen-bond acceptors (Lipinski definition) is 4. The second kappa shape index (κ2) is 8.92. The number of H-pyrrole nitrogens is 1. The maximum Gasteiger partial charge on any atom is 0.330 e. The Hall–Kier alpha value is -3.29. The molecule has 1 aromatic carbocycles. The van der Waals surface area contributed by atoms with E-state index in [1.807, 2.05) is 27.7 Å². The van der Waals surface area contributed by atoms with Gasteiger partial charge in [0.15, 0.2) is 5.65 Å². The molecule has 4 rings (SSSR count). The van der Waals surface area contributed by atoms with Crippen molar-refractivity contribution in [1.29, 1.82) is 0 Å². The van der Waals surface area contributed by atoms with E-state index in [2.05, 4.69) is 9.97 Å². The van der Waals surface area contributed by atoms with E-state index in [1.165, 1.54) is 16.7 Å². The van der Waals surface area contributed by atoms with Crippen LogP contribution in [0.1, 0.15) is 68.1 Å². The molecule has 0 spiro atoms.